The van der Waals surface area contributed by atoms with Gasteiger partial charge >= 0.3 is 0 Å². The minimum Gasteiger partial charge on any atom is -0.334 e. The second kappa shape index (κ2) is 7.75. The minimum absolute atomic E-state index is 0.0557. The average molecular weight is 364 g/mol. The first-order valence-corrected chi connectivity index (χ1v) is 9.24. The molecule has 1 aromatic heterocycles. The number of hydrogen-bond donors (Lipinski definition) is 0. The lowest BCUT2D eigenvalue weighted by Gasteiger charge is -2.30. The van der Waals surface area contributed by atoms with E-state index in [9.17, 15) is 14.9 Å². The molecule has 1 aliphatic carbocycles. The van der Waals surface area contributed by atoms with Gasteiger partial charge in [-0.25, -0.2) is 4.68 Å². The number of carbonyl (C=O) groups excluding carboxylic acids is 1. The van der Waals surface area contributed by atoms with E-state index in [4.69, 9.17) is 0 Å². The monoisotopic (exact) mass is 364 g/mol. The number of amides is 1. The molecule has 1 aliphatic rings. The molecule has 0 spiro atoms. The Bertz CT molecular complexity index is 939. The van der Waals surface area contributed by atoms with E-state index in [2.05, 4.69) is 12.0 Å². The summed E-state index contributed by atoms with van der Waals surface area (Å²) in [6, 6.07) is 11.9. The van der Waals surface area contributed by atoms with Crippen molar-refractivity contribution in [3.63, 3.8) is 0 Å². The lowest BCUT2D eigenvalue weighted by atomic mass is 10.1. The van der Waals surface area contributed by atoms with Crippen molar-refractivity contribution in [3.05, 3.63) is 63.1 Å². The number of nitriles is 1. The van der Waals surface area contributed by atoms with Crippen LogP contribution in [0.5, 0.6) is 0 Å². The molecule has 0 N–H and O–H groups in total. The molecular formula is C21H24N4O2. The topological polar surface area (TPSA) is 79.0 Å². The summed E-state index contributed by atoms with van der Waals surface area (Å²) in [5.41, 5.74) is 1.76. The van der Waals surface area contributed by atoms with Gasteiger partial charge in [0.2, 0.25) is 5.91 Å². The van der Waals surface area contributed by atoms with Crippen molar-refractivity contribution in [3.8, 4) is 6.07 Å². The number of rotatable bonds is 6. The number of benzene rings is 1. The van der Waals surface area contributed by atoms with Crippen LogP contribution in [0, 0.1) is 31.1 Å². The van der Waals surface area contributed by atoms with E-state index < -0.39 is 5.56 Å². The van der Waals surface area contributed by atoms with Crippen LogP contribution < -0.4 is 5.56 Å². The number of carbonyl (C=O) groups is 1. The average Bonchev–Trinajstić information content (AvgIpc) is 3.50. The first-order chi connectivity index (χ1) is 12.9. The van der Waals surface area contributed by atoms with Crippen LogP contribution in [0.2, 0.25) is 0 Å². The molecule has 3 rings (SSSR count). The Kier molecular flexibility index (Phi) is 5.41. The Morgan fingerprint density at radius 1 is 1.33 bits per heavy atom. The van der Waals surface area contributed by atoms with E-state index in [1.807, 2.05) is 41.3 Å². The number of hydrogen-bond acceptors (Lipinski definition) is 4. The molecule has 2 aromatic rings. The van der Waals surface area contributed by atoms with Gasteiger partial charge in [-0.15, -0.1) is 0 Å². The third kappa shape index (κ3) is 4.08. The maximum atomic E-state index is 13.1. The lowest BCUT2D eigenvalue weighted by Crippen LogP contribution is -2.43. The van der Waals surface area contributed by atoms with Gasteiger partial charge in [0.05, 0.1) is 5.69 Å². The van der Waals surface area contributed by atoms with E-state index in [1.54, 1.807) is 13.8 Å². The van der Waals surface area contributed by atoms with E-state index in [0.29, 0.717) is 23.7 Å². The number of aromatic nitrogens is 2. The van der Waals surface area contributed by atoms with Crippen molar-refractivity contribution in [2.45, 2.75) is 52.7 Å². The number of nitrogens with zero attached hydrogens (tertiary/aromatic N) is 4. The van der Waals surface area contributed by atoms with Gasteiger partial charge < -0.3 is 4.90 Å². The first kappa shape index (κ1) is 18.8. The molecule has 0 radical (unpaired) electrons. The summed E-state index contributed by atoms with van der Waals surface area (Å²) in [5.74, 6) is 0.358. The summed E-state index contributed by atoms with van der Waals surface area (Å²) >= 11 is 0. The molecule has 27 heavy (non-hydrogen) atoms. The molecule has 1 fully saturated rings. The van der Waals surface area contributed by atoms with Crippen LogP contribution in [0.3, 0.4) is 0 Å². The molecule has 1 unspecified atom stereocenters. The van der Waals surface area contributed by atoms with Gasteiger partial charge in [-0.2, -0.15) is 10.4 Å². The molecule has 0 bridgehead atoms. The van der Waals surface area contributed by atoms with Crippen LogP contribution in [0.1, 0.15) is 42.1 Å². The van der Waals surface area contributed by atoms with Crippen LogP contribution >= 0.6 is 0 Å². The highest BCUT2D eigenvalue weighted by atomic mass is 16.2. The van der Waals surface area contributed by atoms with Gasteiger partial charge in [0.25, 0.3) is 5.56 Å². The fourth-order valence-electron chi connectivity index (χ4n) is 3.30. The SMILES string of the molecule is Cc1nn(CC(=O)N(Cc2ccccc2)C(C)C2CC2)c(=O)c(C#N)c1C. The highest BCUT2D eigenvalue weighted by Crippen LogP contribution is 2.35. The molecule has 1 aromatic carbocycles. The van der Waals surface area contributed by atoms with Gasteiger partial charge in [-0.05, 0) is 50.7 Å². The Morgan fingerprint density at radius 3 is 2.59 bits per heavy atom. The molecule has 1 atom stereocenters. The summed E-state index contributed by atoms with van der Waals surface area (Å²) < 4.78 is 1.13. The molecule has 0 aliphatic heterocycles. The third-order valence-corrected chi connectivity index (χ3v) is 5.35. The van der Waals surface area contributed by atoms with E-state index in [1.165, 1.54) is 0 Å². The van der Waals surface area contributed by atoms with Crippen molar-refractivity contribution in [2.24, 2.45) is 5.92 Å². The second-order valence-corrected chi connectivity index (χ2v) is 7.25. The zero-order valence-electron chi connectivity index (χ0n) is 16.0. The smallest absolute Gasteiger partial charge is 0.285 e. The van der Waals surface area contributed by atoms with Crippen molar-refractivity contribution in [1.29, 1.82) is 5.26 Å². The largest absolute Gasteiger partial charge is 0.334 e. The predicted molar refractivity (Wildman–Crippen MR) is 102 cm³/mol. The molecule has 140 valence electrons. The van der Waals surface area contributed by atoms with Gasteiger partial charge in [0.1, 0.15) is 18.2 Å². The Morgan fingerprint density at radius 2 is 2.00 bits per heavy atom. The molecule has 1 amide bonds. The summed E-state index contributed by atoms with van der Waals surface area (Å²) in [6.07, 6.45) is 2.25. The summed E-state index contributed by atoms with van der Waals surface area (Å²) in [6.45, 7) is 5.85. The zero-order chi connectivity index (χ0) is 19.6. The van der Waals surface area contributed by atoms with Gasteiger partial charge in [-0.1, -0.05) is 30.3 Å². The Labute approximate surface area is 159 Å². The third-order valence-electron chi connectivity index (χ3n) is 5.35. The molecule has 6 nitrogen and oxygen atoms in total. The quantitative estimate of drug-likeness (QED) is 0.789. The predicted octanol–water partition coefficient (Wildman–Crippen LogP) is 2.56. The van der Waals surface area contributed by atoms with Crippen molar-refractivity contribution in [1.82, 2.24) is 14.7 Å². The van der Waals surface area contributed by atoms with Gasteiger partial charge in [0.15, 0.2) is 0 Å². The zero-order valence-corrected chi connectivity index (χ0v) is 16.0. The second-order valence-electron chi connectivity index (χ2n) is 7.25. The van der Waals surface area contributed by atoms with Crippen LogP contribution in [0.4, 0.5) is 0 Å². The molecule has 6 heteroatoms. The lowest BCUT2D eigenvalue weighted by molar-refractivity contribution is -0.135. The Balaban J connectivity index is 1.88. The van der Waals surface area contributed by atoms with Crippen LogP contribution in [-0.4, -0.2) is 26.6 Å². The van der Waals surface area contributed by atoms with Gasteiger partial charge in [0, 0.05) is 12.6 Å². The normalized spacial score (nSPS) is 14.4. The molecule has 1 saturated carbocycles. The summed E-state index contributed by atoms with van der Waals surface area (Å²) in [7, 11) is 0. The van der Waals surface area contributed by atoms with Crippen LogP contribution in [0.15, 0.2) is 35.1 Å². The van der Waals surface area contributed by atoms with E-state index in [0.717, 1.165) is 23.1 Å². The highest BCUT2D eigenvalue weighted by molar-refractivity contribution is 5.76. The van der Waals surface area contributed by atoms with Crippen LogP contribution in [0.25, 0.3) is 0 Å². The van der Waals surface area contributed by atoms with Crippen LogP contribution in [-0.2, 0) is 17.9 Å². The standard InChI is InChI=1S/C21H24N4O2/c1-14-15(2)23-25(21(27)19(14)11-22)13-20(26)24(16(3)18-9-10-18)12-17-7-5-4-6-8-17/h4-8,16,18H,9-10,12-13H2,1-3H3. The maximum Gasteiger partial charge on any atom is 0.285 e. The highest BCUT2D eigenvalue weighted by Gasteiger charge is 2.34. The molecular weight excluding hydrogens is 340 g/mol. The van der Waals surface area contributed by atoms with E-state index in [-0.39, 0.29) is 24.1 Å². The van der Waals surface area contributed by atoms with Gasteiger partial charge in [-0.3, -0.25) is 9.59 Å². The van der Waals surface area contributed by atoms with Crippen molar-refractivity contribution in [2.75, 3.05) is 0 Å². The number of aryl methyl sites for hydroxylation is 1. The molecule has 1 heterocycles. The Hall–Kier alpha value is -2.94. The van der Waals surface area contributed by atoms with Crippen molar-refractivity contribution < 1.29 is 4.79 Å². The maximum absolute atomic E-state index is 13.1. The fourth-order valence-corrected chi connectivity index (χ4v) is 3.30. The first-order valence-electron chi connectivity index (χ1n) is 9.24. The summed E-state index contributed by atoms with van der Waals surface area (Å²) in [5, 5.41) is 13.5. The van der Waals surface area contributed by atoms with E-state index >= 15 is 0 Å². The van der Waals surface area contributed by atoms with Crippen molar-refractivity contribution >= 4 is 5.91 Å². The molecule has 0 saturated heterocycles. The minimum atomic E-state index is -0.507. The summed E-state index contributed by atoms with van der Waals surface area (Å²) in [4.78, 5) is 27.4. The fraction of sp³-hybridized carbons (Fsp3) is 0.429.